The van der Waals surface area contributed by atoms with Crippen molar-refractivity contribution in [2.75, 3.05) is 25.9 Å². The molecule has 1 aliphatic heterocycles. The molecule has 0 radical (unpaired) electrons. The molecule has 0 aromatic heterocycles. The van der Waals surface area contributed by atoms with Crippen LogP contribution in [0.5, 0.6) is 0 Å². The van der Waals surface area contributed by atoms with Crippen molar-refractivity contribution in [1.82, 2.24) is 10.2 Å². The third-order valence-corrected chi connectivity index (χ3v) is 5.93. The quantitative estimate of drug-likeness (QED) is 0.760. The fourth-order valence-electron chi connectivity index (χ4n) is 3.00. The Hall–Kier alpha value is -0.220. The number of hydrogen-bond acceptors (Lipinski definition) is 3. The molecule has 0 amide bonds. The topological polar surface area (TPSA) is 27.6 Å². The molecule has 1 saturated carbocycles. The second-order valence-electron chi connectivity index (χ2n) is 6.72. The minimum absolute atomic E-state index is 0.402. The van der Waals surface area contributed by atoms with Crippen molar-refractivity contribution in [3.63, 3.8) is 0 Å². The van der Waals surface area contributed by atoms with Crippen molar-refractivity contribution in [2.24, 2.45) is 4.99 Å². The molecule has 0 bridgehead atoms. The van der Waals surface area contributed by atoms with Gasteiger partial charge in [-0.25, -0.2) is 0 Å². The summed E-state index contributed by atoms with van der Waals surface area (Å²) in [4.78, 5) is 7.17. The van der Waals surface area contributed by atoms with Crippen molar-refractivity contribution >= 4 is 16.9 Å². The van der Waals surface area contributed by atoms with Crippen LogP contribution in [0.2, 0.25) is 0 Å². The highest BCUT2D eigenvalue weighted by Crippen LogP contribution is 2.36. The Morgan fingerprint density at radius 1 is 1.25 bits per heavy atom. The Morgan fingerprint density at radius 2 is 2.00 bits per heavy atom. The number of rotatable bonds is 6. The lowest BCUT2D eigenvalue weighted by molar-refractivity contribution is 0.269. The molecule has 0 unspecified atom stereocenters. The summed E-state index contributed by atoms with van der Waals surface area (Å²) in [7, 11) is 2.21. The lowest BCUT2D eigenvalue weighted by Crippen LogP contribution is -2.45. The van der Waals surface area contributed by atoms with Crippen molar-refractivity contribution in [3.8, 4) is 0 Å². The maximum Gasteiger partial charge on any atom is 0.157 e. The fourth-order valence-corrected chi connectivity index (χ4v) is 4.25. The first-order valence-corrected chi connectivity index (χ1v) is 9.26. The monoisotopic (exact) mass is 297 g/mol. The molecule has 20 heavy (non-hydrogen) atoms. The van der Waals surface area contributed by atoms with Crippen LogP contribution in [0, 0.1) is 0 Å². The van der Waals surface area contributed by atoms with Gasteiger partial charge in [0.05, 0.1) is 0 Å². The predicted molar refractivity (Wildman–Crippen MR) is 90.7 cm³/mol. The molecule has 0 aromatic rings. The van der Waals surface area contributed by atoms with Gasteiger partial charge in [-0.15, -0.1) is 0 Å². The van der Waals surface area contributed by atoms with Crippen molar-refractivity contribution in [2.45, 2.75) is 70.4 Å². The summed E-state index contributed by atoms with van der Waals surface area (Å²) >= 11 is 1.95. The van der Waals surface area contributed by atoms with E-state index in [4.69, 9.17) is 4.99 Å². The summed E-state index contributed by atoms with van der Waals surface area (Å²) in [5.74, 6) is 1.24. The highest BCUT2D eigenvalue weighted by atomic mass is 32.2. The average molecular weight is 298 g/mol. The van der Waals surface area contributed by atoms with Gasteiger partial charge < -0.3 is 10.2 Å². The summed E-state index contributed by atoms with van der Waals surface area (Å²) < 4.78 is 0. The molecule has 4 heteroatoms. The Morgan fingerprint density at radius 3 is 2.70 bits per heavy atom. The number of thioether (sulfide) groups is 1. The summed E-state index contributed by atoms with van der Waals surface area (Å²) in [6.07, 6.45) is 9.35. The third kappa shape index (κ3) is 4.66. The van der Waals surface area contributed by atoms with Crippen LogP contribution in [-0.4, -0.2) is 47.5 Å². The van der Waals surface area contributed by atoms with E-state index in [-0.39, 0.29) is 0 Å². The van der Waals surface area contributed by atoms with E-state index in [0.717, 1.165) is 6.54 Å². The van der Waals surface area contributed by atoms with Crippen LogP contribution in [0.4, 0.5) is 0 Å². The molecule has 2 rings (SSSR count). The van der Waals surface area contributed by atoms with E-state index >= 15 is 0 Å². The minimum atomic E-state index is 0.402. The van der Waals surface area contributed by atoms with Crippen LogP contribution < -0.4 is 5.32 Å². The van der Waals surface area contributed by atoms with Gasteiger partial charge in [0, 0.05) is 23.9 Å². The van der Waals surface area contributed by atoms with E-state index in [1.54, 1.807) is 0 Å². The molecular formula is C16H31N3S. The van der Waals surface area contributed by atoms with Gasteiger partial charge in [-0.2, -0.15) is 0 Å². The Labute approximate surface area is 129 Å². The zero-order chi connectivity index (χ0) is 14.4. The Bertz CT molecular complexity index is 322. The SMILES string of the molecule is CC(C)N(C)CCCCN=C1NC2(CCCCC2)CS1. The van der Waals surface area contributed by atoms with Crippen molar-refractivity contribution < 1.29 is 0 Å². The zero-order valence-electron chi connectivity index (χ0n) is 13.5. The molecule has 116 valence electrons. The number of hydrogen-bond donors (Lipinski definition) is 1. The highest BCUT2D eigenvalue weighted by Gasteiger charge is 2.37. The summed E-state index contributed by atoms with van der Waals surface area (Å²) in [5.41, 5.74) is 0.402. The fraction of sp³-hybridized carbons (Fsp3) is 0.938. The second kappa shape index (κ2) is 7.69. The van der Waals surface area contributed by atoms with Crippen LogP contribution in [0.25, 0.3) is 0 Å². The number of aliphatic imine (C=N–C) groups is 1. The first kappa shape index (κ1) is 16.2. The maximum absolute atomic E-state index is 4.76. The van der Waals surface area contributed by atoms with Gasteiger partial charge in [0.15, 0.2) is 5.17 Å². The second-order valence-corrected chi connectivity index (χ2v) is 7.69. The van der Waals surface area contributed by atoms with Gasteiger partial charge in [-0.1, -0.05) is 31.0 Å². The highest BCUT2D eigenvalue weighted by molar-refractivity contribution is 8.14. The largest absolute Gasteiger partial charge is 0.359 e. The van der Waals surface area contributed by atoms with E-state index in [9.17, 15) is 0 Å². The third-order valence-electron chi connectivity index (χ3n) is 4.72. The van der Waals surface area contributed by atoms with Crippen LogP contribution in [0.1, 0.15) is 58.8 Å². The van der Waals surface area contributed by atoms with Gasteiger partial charge in [0.25, 0.3) is 0 Å². The summed E-state index contributed by atoms with van der Waals surface area (Å²) in [5, 5.41) is 4.94. The smallest absolute Gasteiger partial charge is 0.157 e. The number of nitrogens with one attached hydrogen (secondary N) is 1. The Balaban J connectivity index is 1.63. The van der Waals surface area contributed by atoms with Crippen molar-refractivity contribution in [3.05, 3.63) is 0 Å². The van der Waals surface area contributed by atoms with Gasteiger partial charge >= 0.3 is 0 Å². The normalized spacial score (nSPS) is 23.9. The molecule has 1 aliphatic carbocycles. The molecular weight excluding hydrogens is 266 g/mol. The lowest BCUT2D eigenvalue weighted by atomic mass is 9.83. The number of unbranched alkanes of at least 4 members (excludes halogenated alkanes) is 1. The van der Waals surface area contributed by atoms with Crippen LogP contribution >= 0.6 is 11.8 Å². The standard InChI is InChI=1S/C16H31N3S/c1-14(2)19(3)12-8-7-11-17-15-18-16(13-20-15)9-5-4-6-10-16/h14H,4-13H2,1-3H3,(H,17,18). The molecule has 1 heterocycles. The average Bonchev–Trinajstić information content (AvgIpc) is 2.81. The van der Waals surface area contributed by atoms with Gasteiger partial charge in [-0.3, -0.25) is 4.99 Å². The first-order valence-electron chi connectivity index (χ1n) is 8.27. The van der Waals surface area contributed by atoms with E-state index in [1.165, 1.54) is 62.4 Å². The number of nitrogens with zero attached hydrogens (tertiary/aromatic N) is 2. The van der Waals surface area contributed by atoms with E-state index < -0.39 is 0 Å². The molecule has 2 fully saturated rings. The molecule has 3 nitrogen and oxygen atoms in total. The molecule has 0 aromatic carbocycles. The zero-order valence-corrected chi connectivity index (χ0v) is 14.3. The lowest BCUT2D eigenvalue weighted by Gasteiger charge is -2.32. The van der Waals surface area contributed by atoms with Gasteiger partial charge in [0.1, 0.15) is 0 Å². The van der Waals surface area contributed by atoms with Gasteiger partial charge in [0.2, 0.25) is 0 Å². The van der Waals surface area contributed by atoms with Crippen LogP contribution in [0.15, 0.2) is 4.99 Å². The molecule has 1 N–H and O–H groups in total. The number of amidine groups is 1. The Kier molecular flexibility index (Phi) is 6.21. The molecule has 0 atom stereocenters. The molecule has 1 saturated heterocycles. The molecule has 1 spiro atoms. The van der Waals surface area contributed by atoms with Crippen LogP contribution in [-0.2, 0) is 0 Å². The van der Waals surface area contributed by atoms with E-state index in [2.05, 4.69) is 31.1 Å². The maximum atomic E-state index is 4.76. The van der Waals surface area contributed by atoms with E-state index in [0.29, 0.717) is 11.6 Å². The summed E-state index contributed by atoms with van der Waals surface area (Å²) in [6.45, 7) is 6.68. The summed E-state index contributed by atoms with van der Waals surface area (Å²) in [6, 6.07) is 0.652. The molecule has 2 aliphatic rings. The van der Waals surface area contributed by atoms with Crippen molar-refractivity contribution in [1.29, 1.82) is 0 Å². The van der Waals surface area contributed by atoms with Crippen LogP contribution in [0.3, 0.4) is 0 Å². The first-order chi connectivity index (χ1) is 9.61. The minimum Gasteiger partial charge on any atom is -0.359 e. The van der Waals surface area contributed by atoms with Gasteiger partial charge in [-0.05, 0) is 53.1 Å². The van der Waals surface area contributed by atoms with E-state index in [1.807, 2.05) is 11.8 Å². The predicted octanol–water partition coefficient (Wildman–Crippen LogP) is 3.50.